The molecule has 8 nitrogen and oxygen atoms in total. The highest BCUT2D eigenvalue weighted by molar-refractivity contribution is 5.67. The van der Waals surface area contributed by atoms with Crippen LogP contribution in [0.1, 0.15) is 58.4 Å². The van der Waals surface area contributed by atoms with Gasteiger partial charge in [-0.2, -0.15) is 5.10 Å². The molecular formula is C21H32N4O4. The fourth-order valence-corrected chi connectivity index (χ4v) is 2.75. The monoisotopic (exact) mass is 404 g/mol. The van der Waals surface area contributed by atoms with Crippen molar-refractivity contribution in [3.63, 3.8) is 0 Å². The van der Waals surface area contributed by atoms with Gasteiger partial charge in [0.25, 0.3) is 0 Å². The molecule has 0 aliphatic carbocycles. The van der Waals surface area contributed by atoms with Crippen molar-refractivity contribution in [1.29, 1.82) is 0 Å². The van der Waals surface area contributed by atoms with Crippen LogP contribution in [0.5, 0.6) is 0 Å². The van der Waals surface area contributed by atoms with Crippen LogP contribution in [-0.2, 0) is 16.0 Å². The number of amides is 1. The molecule has 2 aromatic rings. The van der Waals surface area contributed by atoms with Crippen molar-refractivity contribution < 1.29 is 19.4 Å². The molecule has 2 aromatic heterocycles. The van der Waals surface area contributed by atoms with Gasteiger partial charge in [-0.1, -0.05) is 18.9 Å². The molecule has 0 saturated carbocycles. The smallest absolute Gasteiger partial charge is 0.407 e. The Balaban J connectivity index is 1.68. The zero-order chi connectivity index (χ0) is 21.3. The number of ether oxygens (including phenoxy) is 2. The van der Waals surface area contributed by atoms with Gasteiger partial charge in [-0.15, -0.1) is 0 Å². The standard InChI is InChI=1S/C21H32N4O4/c1-21(2,3)29-20(27)22-12-7-5-6-8-13-25-15-16(14-23-25)17-10-9-11-18(24-17)19(26)28-4/h9-11,14-15,19,26H,5-8,12-13H2,1-4H3,(H,22,27). The van der Waals surface area contributed by atoms with Crippen molar-refractivity contribution in [2.45, 2.75) is 64.9 Å². The number of aliphatic hydroxyl groups excluding tert-OH is 1. The fourth-order valence-electron chi connectivity index (χ4n) is 2.75. The normalized spacial score (nSPS) is 12.6. The van der Waals surface area contributed by atoms with Crippen LogP contribution in [0.3, 0.4) is 0 Å². The molecule has 29 heavy (non-hydrogen) atoms. The predicted octanol–water partition coefficient (Wildman–Crippen LogP) is 3.67. The summed E-state index contributed by atoms with van der Waals surface area (Å²) in [4.78, 5) is 16.0. The summed E-state index contributed by atoms with van der Waals surface area (Å²) >= 11 is 0. The van der Waals surface area contributed by atoms with Gasteiger partial charge >= 0.3 is 6.09 Å². The molecule has 1 amide bonds. The van der Waals surface area contributed by atoms with Gasteiger partial charge in [0.05, 0.1) is 17.6 Å². The Morgan fingerprint density at radius 1 is 1.24 bits per heavy atom. The molecule has 0 aliphatic heterocycles. The third-order valence-electron chi connectivity index (χ3n) is 4.16. The summed E-state index contributed by atoms with van der Waals surface area (Å²) in [6, 6.07) is 5.44. The lowest BCUT2D eigenvalue weighted by atomic mass is 10.2. The molecule has 1 atom stereocenters. The van der Waals surface area contributed by atoms with Crippen LogP contribution >= 0.6 is 0 Å². The van der Waals surface area contributed by atoms with E-state index in [1.807, 2.05) is 43.8 Å². The topological polar surface area (TPSA) is 98.5 Å². The molecule has 2 rings (SSSR count). The SMILES string of the molecule is COC(O)c1cccc(-c2cnn(CCCCCCNC(=O)OC(C)(C)C)c2)n1. The Morgan fingerprint density at radius 3 is 2.72 bits per heavy atom. The number of carbonyl (C=O) groups excluding carboxylic acids is 1. The van der Waals surface area contributed by atoms with Crippen molar-refractivity contribution in [2.24, 2.45) is 0 Å². The Labute approximate surface area is 172 Å². The van der Waals surface area contributed by atoms with E-state index in [4.69, 9.17) is 9.47 Å². The summed E-state index contributed by atoms with van der Waals surface area (Å²) < 4.78 is 12.0. The fraction of sp³-hybridized carbons (Fsp3) is 0.571. The number of unbranched alkanes of at least 4 members (excludes halogenated alkanes) is 3. The van der Waals surface area contributed by atoms with Crippen LogP contribution in [-0.4, -0.2) is 45.2 Å². The molecular weight excluding hydrogens is 372 g/mol. The number of rotatable bonds is 10. The van der Waals surface area contributed by atoms with Gasteiger partial charge in [0.2, 0.25) is 0 Å². The van der Waals surface area contributed by atoms with E-state index in [2.05, 4.69) is 15.4 Å². The number of carbonyl (C=O) groups is 1. The summed E-state index contributed by atoms with van der Waals surface area (Å²) in [5.74, 6) is 0. The van der Waals surface area contributed by atoms with Crippen LogP contribution in [0.25, 0.3) is 11.3 Å². The molecule has 160 valence electrons. The number of aryl methyl sites for hydroxylation is 1. The van der Waals surface area contributed by atoms with Crippen molar-refractivity contribution in [2.75, 3.05) is 13.7 Å². The average molecular weight is 405 g/mol. The number of methoxy groups -OCH3 is 1. The van der Waals surface area contributed by atoms with Gasteiger partial charge in [0, 0.05) is 32.0 Å². The molecule has 0 bridgehead atoms. The highest BCUT2D eigenvalue weighted by Gasteiger charge is 2.15. The van der Waals surface area contributed by atoms with Gasteiger partial charge in [-0.25, -0.2) is 9.78 Å². The largest absolute Gasteiger partial charge is 0.444 e. The quantitative estimate of drug-likeness (QED) is 0.463. The zero-order valence-corrected chi connectivity index (χ0v) is 17.7. The number of aliphatic hydroxyl groups is 1. The highest BCUT2D eigenvalue weighted by Crippen LogP contribution is 2.19. The minimum absolute atomic E-state index is 0.364. The molecule has 2 N–H and O–H groups in total. The van der Waals surface area contributed by atoms with Crippen LogP contribution in [0.4, 0.5) is 4.79 Å². The maximum atomic E-state index is 11.6. The second kappa shape index (κ2) is 10.9. The molecule has 0 spiro atoms. The Hall–Kier alpha value is -2.45. The first kappa shape index (κ1) is 22.8. The van der Waals surface area contributed by atoms with Gasteiger partial charge in [0.1, 0.15) is 5.60 Å². The molecule has 8 heteroatoms. The minimum atomic E-state index is -1.03. The summed E-state index contributed by atoms with van der Waals surface area (Å²) in [7, 11) is 1.44. The first-order chi connectivity index (χ1) is 13.8. The number of nitrogens with zero attached hydrogens (tertiary/aromatic N) is 3. The van der Waals surface area contributed by atoms with Crippen LogP contribution < -0.4 is 5.32 Å². The summed E-state index contributed by atoms with van der Waals surface area (Å²) in [5, 5.41) is 16.9. The number of hydrogen-bond donors (Lipinski definition) is 2. The first-order valence-corrected chi connectivity index (χ1v) is 9.96. The van der Waals surface area contributed by atoms with Gasteiger partial charge < -0.3 is 19.9 Å². The van der Waals surface area contributed by atoms with E-state index in [9.17, 15) is 9.90 Å². The lowest BCUT2D eigenvalue weighted by molar-refractivity contribution is -0.0798. The maximum absolute atomic E-state index is 11.6. The van der Waals surface area contributed by atoms with E-state index in [-0.39, 0.29) is 6.09 Å². The van der Waals surface area contributed by atoms with Gasteiger partial charge in [-0.05, 0) is 45.7 Å². The maximum Gasteiger partial charge on any atom is 0.407 e. The van der Waals surface area contributed by atoms with Gasteiger partial charge in [0.15, 0.2) is 6.29 Å². The van der Waals surface area contributed by atoms with Crippen molar-refractivity contribution in [3.8, 4) is 11.3 Å². The van der Waals surface area contributed by atoms with Crippen molar-refractivity contribution in [3.05, 3.63) is 36.3 Å². The van der Waals surface area contributed by atoms with Gasteiger partial charge in [-0.3, -0.25) is 4.68 Å². The van der Waals surface area contributed by atoms with E-state index in [0.29, 0.717) is 12.2 Å². The molecule has 0 radical (unpaired) electrons. The zero-order valence-electron chi connectivity index (χ0n) is 17.7. The third-order valence-corrected chi connectivity index (χ3v) is 4.16. The predicted molar refractivity (Wildman–Crippen MR) is 110 cm³/mol. The third kappa shape index (κ3) is 8.21. The Kier molecular flexibility index (Phi) is 8.60. The van der Waals surface area contributed by atoms with Crippen molar-refractivity contribution >= 4 is 6.09 Å². The van der Waals surface area contributed by atoms with E-state index in [0.717, 1.165) is 43.5 Å². The van der Waals surface area contributed by atoms with E-state index >= 15 is 0 Å². The van der Waals surface area contributed by atoms with E-state index in [1.165, 1.54) is 7.11 Å². The molecule has 0 aromatic carbocycles. The van der Waals surface area contributed by atoms with Crippen LogP contribution in [0.2, 0.25) is 0 Å². The number of hydrogen-bond acceptors (Lipinski definition) is 6. The Morgan fingerprint density at radius 2 is 2.00 bits per heavy atom. The molecule has 0 fully saturated rings. The highest BCUT2D eigenvalue weighted by atomic mass is 16.6. The number of alkyl carbamates (subject to hydrolysis) is 1. The first-order valence-electron chi connectivity index (χ1n) is 9.96. The van der Waals surface area contributed by atoms with E-state index in [1.54, 1.807) is 12.3 Å². The summed E-state index contributed by atoms with van der Waals surface area (Å²) in [6.07, 6.45) is 6.34. The summed E-state index contributed by atoms with van der Waals surface area (Å²) in [6.45, 7) is 6.99. The van der Waals surface area contributed by atoms with Crippen molar-refractivity contribution in [1.82, 2.24) is 20.1 Å². The molecule has 0 aliphatic rings. The molecule has 1 unspecified atom stereocenters. The minimum Gasteiger partial charge on any atom is -0.444 e. The van der Waals surface area contributed by atoms with Crippen LogP contribution in [0.15, 0.2) is 30.6 Å². The number of aromatic nitrogens is 3. The second-order valence-corrected chi connectivity index (χ2v) is 7.87. The van der Waals surface area contributed by atoms with E-state index < -0.39 is 11.9 Å². The summed E-state index contributed by atoms with van der Waals surface area (Å²) in [5.41, 5.74) is 1.65. The molecule has 2 heterocycles. The average Bonchev–Trinajstić information content (AvgIpc) is 3.14. The lowest BCUT2D eigenvalue weighted by Gasteiger charge is -2.19. The Bertz CT molecular complexity index is 770. The number of nitrogens with one attached hydrogen (secondary N) is 1. The van der Waals surface area contributed by atoms with Crippen LogP contribution in [0, 0.1) is 0 Å². The second-order valence-electron chi connectivity index (χ2n) is 7.87. The number of pyridine rings is 1. The molecule has 0 saturated heterocycles. The lowest BCUT2D eigenvalue weighted by Crippen LogP contribution is -2.32.